The molecule has 2 rings (SSSR count). The molecule has 0 bridgehead atoms. The fourth-order valence-corrected chi connectivity index (χ4v) is 2.65. The van der Waals surface area contributed by atoms with E-state index in [0.717, 1.165) is 11.3 Å². The molecule has 0 saturated heterocycles. The van der Waals surface area contributed by atoms with Crippen LogP contribution in [0.15, 0.2) is 51.4 Å². The summed E-state index contributed by atoms with van der Waals surface area (Å²) >= 11 is 1.45. The Kier molecular flexibility index (Phi) is 4.76. The van der Waals surface area contributed by atoms with E-state index < -0.39 is 0 Å². The van der Waals surface area contributed by atoms with E-state index >= 15 is 0 Å². The number of hydrogen-bond acceptors (Lipinski definition) is 4. The summed E-state index contributed by atoms with van der Waals surface area (Å²) in [5, 5.41) is 3.89. The van der Waals surface area contributed by atoms with Gasteiger partial charge in [0.2, 0.25) is 0 Å². The second-order valence-electron chi connectivity index (χ2n) is 4.16. The highest BCUT2D eigenvalue weighted by Crippen LogP contribution is 2.25. The van der Waals surface area contributed by atoms with E-state index in [2.05, 4.69) is 34.3 Å². The van der Waals surface area contributed by atoms with Crippen LogP contribution in [-0.2, 0) is 0 Å². The molecule has 0 amide bonds. The van der Waals surface area contributed by atoms with Gasteiger partial charge in [0.05, 0.1) is 0 Å². The van der Waals surface area contributed by atoms with Crippen LogP contribution in [0.2, 0.25) is 0 Å². The topological polar surface area (TPSA) is 57.8 Å². The second kappa shape index (κ2) is 6.54. The summed E-state index contributed by atoms with van der Waals surface area (Å²) in [4.78, 5) is 19.1. The fourth-order valence-electron chi connectivity index (χ4n) is 1.89. The molecule has 0 spiro atoms. The van der Waals surface area contributed by atoms with Crippen LogP contribution in [0.4, 0.5) is 0 Å². The van der Waals surface area contributed by atoms with E-state index in [0.29, 0.717) is 11.2 Å². The normalized spacial score (nSPS) is 12.3. The van der Waals surface area contributed by atoms with E-state index in [-0.39, 0.29) is 5.56 Å². The standard InChI is InChI=1S/C14H17N3OS/c1-3-12(15-2)10-4-6-11(7-5-10)19-14-16-9-8-13(18)17-14/h4-9,12,15H,3H2,1-2H3,(H,16,17,18). The van der Waals surface area contributed by atoms with Crippen LogP contribution in [0.25, 0.3) is 0 Å². The Morgan fingerprint density at radius 2 is 2.05 bits per heavy atom. The first-order chi connectivity index (χ1) is 9.22. The zero-order valence-corrected chi connectivity index (χ0v) is 11.8. The van der Waals surface area contributed by atoms with E-state index in [1.165, 1.54) is 29.6 Å². The molecule has 0 radical (unpaired) electrons. The molecule has 0 aliphatic heterocycles. The SMILES string of the molecule is CCC(NC)c1ccc(Sc2nccc(=O)[nH]2)cc1. The molecule has 0 saturated carbocycles. The lowest BCUT2D eigenvalue weighted by Gasteiger charge is -2.14. The van der Waals surface area contributed by atoms with E-state index in [1.54, 1.807) is 0 Å². The third-order valence-electron chi connectivity index (χ3n) is 2.90. The van der Waals surface area contributed by atoms with Gasteiger partial charge in [-0.3, -0.25) is 4.79 Å². The van der Waals surface area contributed by atoms with E-state index in [1.807, 2.05) is 19.2 Å². The Hall–Kier alpha value is -1.59. The zero-order chi connectivity index (χ0) is 13.7. The number of hydrogen-bond donors (Lipinski definition) is 2. The van der Waals surface area contributed by atoms with Crippen LogP contribution < -0.4 is 10.9 Å². The largest absolute Gasteiger partial charge is 0.313 e. The van der Waals surface area contributed by atoms with Crippen molar-refractivity contribution in [2.24, 2.45) is 0 Å². The predicted octanol–water partition coefficient (Wildman–Crippen LogP) is 2.59. The van der Waals surface area contributed by atoms with Gasteiger partial charge in [-0.2, -0.15) is 0 Å². The minimum Gasteiger partial charge on any atom is -0.313 e. The van der Waals surface area contributed by atoms with Gasteiger partial charge < -0.3 is 10.3 Å². The second-order valence-corrected chi connectivity index (χ2v) is 5.22. The van der Waals surface area contributed by atoms with Crippen molar-refractivity contribution in [2.75, 3.05) is 7.05 Å². The first kappa shape index (κ1) is 13.8. The third-order valence-corrected chi connectivity index (χ3v) is 3.81. The van der Waals surface area contributed by atoms with Crippen molar-refractivity contribution in [1.82, 2.24) is 15.3 Å². The van der Waals surface area contributed by atoms with Gasteiger partial charge in [-0.05, 0) is 31.2 Å². The number of aromatic nitrogens is 2. The van der Waals surface area contributed by atoms with Gasteiger partial charge in [0.25, 0.3) is 5.56 Å². The molecule has 0 aliphatic carbocycles. The van der Waals surface area contributed by atoms with Crippen molar-refractivity contribution in [3.8, 4) is 0 Å². The Morgan fingerprint density at radius 3 is 2.63 bits per heavy atom. The molecule has 19 heavy (non-hydrogen) atoms. The Balaban J connectivity index is 2.12. The number of nitrogens with one attached hydrogen (secondary N) is 2. The molecular formula is C14H17N3OS. The van der Waals surface area contributed by atoms with E-state index in [9.17, 15) is 4.79 Å². The van der Waals surface area contributed by atoms with Gasteiger partial charge in [0, 0.05) is 23.2 Å². The highest BCUT2D eigenvalue weighted by atomic mass is 32.2. The number of H-pyrrole nitrogens is 1. The molecule has 1 heterocycles. The van der Waals surface area contributed by atoms with Crippen molar-refractivity contribution in [3.63, 3.8) is 0 Å². The van der Waals surface area contributed by atoms with Crippen molar-refractivity contribution in [3.05, 3.63) is 52.4 Å². The maximum atomic E-state index is 11.2. The molecule has 1 aromatic carbocycles. The van der Waals surface area contributed by atoms with Crippen molar-refractivity contribution in [2.45, 2.75) is 29.4 Å². The van der Waals surface area contributed by atoms with Crippen LogP contribution in [0.5, 0.6) is 0 Å². The molecule has 1 atom stereocenters. The molecule has 0 fully saturated rings. The van der Waals surface area contributed by atoms with Crippen molar-refractivity contribution < 1.29 is 0 Å². The Morgan fingerprint density at radius 1 is 1.32 bits per heavy atom. The summed E-state index contributed by atoms with van der Waals surface area (Å²) < 4.78 is 0. The van der Waals surface area contributed by atoms with Crippen LogP contribution in [0.3, 0.4) is 0 Å². The van der Waals surface area contributed by atoms with Crippen LogP contribution in [0, 0.1) is 0 Å². The van der Waals surface area contributed by atoms with Gasteiger partial charge >= 0.3 is 0 Å². The lowest BCUT2D eigenvalue weighted by atomic mass is 10.1. The molecule has 2 N–H and O–H groups in total. The van der Waals surface area contributed by atoms with Gasteiger partial charge in [-0.25, -0.2) is 4.98 Å². The molecule has 1 unspecified atom stereocenters. The average molecular weight is 275 g/mol. The molecule has 1 aromatic heterocycles. The summed E-state index contributed by atoms with van der Waals surface area (Å²) in [5.41, 5.74) is 1.14. The summed E-state index contributed by atoms with van der Waals surface area (Å²) in [5.74, 6) is 0. The third kappa shape index (κ3) is 3.68. The predicted molar refractivity (Wildman–Crippen MR) is 77.5 cm³/mol. The van der Waals surface area contributed by atoms with Gasteiger partial charge in [-0.1, -0.05) is 30.8 Å². The maximum absolute atomic E-state index is 11.2. The monoisotopic (exact) mass is 275 g/mol. The van der Waals surface area contributed by atoms with Crippen LogP contribution in [-0.4, -0.2) is 17.0 Å². The summed E-state index contributed by atoms with van der Waals surface area (Å²) in [6, 6.07) is 10.1. The minimum absolute atomic E-state index is 0.129. The Bertz CT molecular complexity index is 576. The quantitative estimate of drug-likeness (QED) is 0.824. The van der Waals surface area contributed by atoms with E-state index in [4.69, 9.17) is 0 Å². The molecule has 100 valence electrons. The highest BCUT2D eigenvalue weighted by Gasteiger charge is 2.06. The molecule has 5 heteroatoms. The first-order valence-corrected chi connectivity index (χ1v) is 7.05. The number of rotatable bonds is 5. The van der Waals surface area contributed by atoms with Crippen molar-refractivity contribution in [1.29, 1.82) is 0 Å². The summed E-state index contributed by atoms with van der Waals surface area (Å²) in [6.45, 7) is 2.16. The lowest BCUT2D eigenvalue weighted by molar-refractivity contribution is 0.576. The zero-order valence-electron chi connectivity index (χ0n) is 11.0. The number of nitrogens with zero attached hydrogens (tertiary/aromatic N) is 1. The molecule has 2 aromatic rings. The maximum Gasteiger partial charge on any atom is 0.251 e. The van der Waals surface area contributed by atoms with Crippen molar-refractivity contribution >= 4 is 11.8 Å². The first-order valence-electron chi connectivity index (χ1n) is 6.23. The van der Waals surface area contributed by atoms with Gasteiger partial charge in [-0.15, -0.1) is 0 Å². The summed E-state index contributed by atoms with van der Waals surface area (Å²) in [7, 11) is 1.97. The molecule has 4 nitrogen and oxygen atoms in total. The minimum atomic E-state index is -0.129. The number of benzene rings is 1. The van der Waals surface area contributed by atoms with Gasteiger partial charge in [0.15, 0.2) is 5.16 Å². The lowest BCUT2D eigenvalue weighted by Crippen LogP contribution is -2.14. The number of aromatic amines is 1. The average Bonchev–Trinajstić information content (AvgIpc) is 2.42. The summed E-state index contributed by atoms with van der Waals surface area (Å²) in [6.07, 6.45) is 2.57. The van der Waals surface area contributed by atoms with Crippen LogP contribution in [0.1, 0.15) is 24.9 Å². The smallest absolute Gasteiger partial charge is 0.251 e. The van der Waals surface area contributed by atoms with Crippen LogP contribution >= 0.6 is 11.8 Å². The highest BCUT2D eigenvalue weighted by molar-refractivity contribution is 7.99. The molecular weight excluding hydrogens is 258 g/mol. The fraction of sp³-hybridized carbons (Fsp3) is 0.286. The van der Waals surface area contributed by atoms with Gasteiger partial charge in [0.1, 0.15) is 0 Å². The Labute approximate surface area is 116 Å². The molecule has 0 aliphatic rings.